The van der Waals surface area contributed by atoms with Gasteiger partial charge in [-0.15, -0.1) is 0 Å². The van der Waals surface area contributed by atoms with Crippen LogP contribution >= 0.6 is 11.6 Å². The van der Waals surface area contributed by atoms with E-state index in [1.54, 1.807) is 24.3 Å². The van der Waals surface area contributed by atoms with Crippen LogP contribution in [0.2, 0.25) is 5.02 Å². The Labute approximate surface area is 174 Å². The molecule has 156 valence electrons. The lowest BCUT2D eigenvalue weighted by molar-refractivity contribution is -0.118. The Morgan fingerprint density at radius 1 is 1.10 bits per heavy atom. The number of hydrogen-bond donors (Lipinski definition) is 2. The van der Waals surface area contributed by atoms with E-state index in [0.29, 0.717) is 16.5 Å². The second-order valence-electron chi connectivity index (χ2n) is 6.54. The summed E-state index contributed by atoms with van der Waals surface area (Å²) in [6.45, 7) is -0.223. The molecule has 1 atom stereocenters. The van der Waals surface area contributed by atoms with Crippen molar-refractivity contribution in [3.05, 3.63) is 53.6 Å². The second kappa shape index (κ2) is 8.70. The first-order valence-electron chi connectivity index (χ1n) is 8.64. The number of nitrogens with one attached hydrogen (secondary N) is 2. The average Bonchev–Trinajstić information content (AvgIpc) is 2.99. The Bertz CT molecular complexity index is 1080. The Balaban J connectivity index is 1.55. The molecular weight excluding hydrogens is 440 g/mol. The third-order valence-corrected chi connectivity index (χ3v) is 7.74. The van der Waals surface area contributed by atoms with Crippen molar-refractivity contribution in [2.24, 2.45) is 0 Å². The van der Waals surface area contributed by atoms with Crippen molar-refractivity contribution < 1.29 is 26.4 Å². The lowest BCUT2D eigenvalue weighted by Gasteiger charge is -2.12. The first-order chi connectivity index (χ1) is 13.6. The van der Waals surface area contributed by atoms with Crippen LogP contribution in [-0.2, 0) is 24.7 Å². The monoisotopic (exact) mass is 458 g/mol. The van der Waals surface area contributed by atoms with Gasteiger partial charge in [0.05, 0.1) is 16.4 Å². The van der Waals surface area contributed by atoms with Gasteiger partial charge in [0.15, 0.2) is 16.4 Å². The highest BCUT2D eigenvalue weighted by Crippen LogP contribution is 2.18. The molecule has 11 heteroatoms. The third kappa shape index (κ3) is 6.17. The normalized spacial score (nSPS) is 18.3. The van der Waals surface area contributed by atoms with Gasteiger partial charge in [-0.3, -0.25) is 4.79 Å². The zero-order valence-electron chi connectivity index (χ0n) is 15.2. The van der Waals surface area contributed by atoms with E-state index in [9.17, 15) is 21.6 Å². The fraction of sp³-hybridized carbons (Fsp3) is 0.278. The van der Waals surface area contributed by atoms with E-state index in [-0.39, 0.29) is 29.4 Å². The summed E-state index contributed by atoms with van der Waals surface area (Å²) in [5, 5.41) is 3.16. The molecule has 1 amide bonds. The Hall–Kier alpha value is -2.14. The molecule has 0 aromatic heterocycles. The fourth-order valence-corrected chi connectivity index (χ4v) is 5.94. The number of carbonyl (C=O) groups is 1. The molecule has 1 heterocycles. The van der Waals surface area contributed by atoms with Crippen LogP contribution in [0.15, 0.2) is 53.4 Å². The number of sulfone groups is 1. The van der Waals surface area contributed by atoms with Crippen molar-refractivity contribution in [1.29, 1.82) is 0 Å². The molecule has 0 bridgehead atoms. The molecule has 1 aliphatic rings. The summed E-state index contributed by atoms with van der Waals surface area (Å²) in [6, 6.07) is 11.5. The number of halogens is 1. The van der Waals surface area contributed by atoms with Crippen molar-refractivity contribution in [1.82, 2.24) is 4.72 Å². The van der Waals surface area contributed by atoms with Crippen molar-refractivity contribution in [3.63, 3.8) is 0 Å². The minimum Gasteiger partial charge on any atom is -0.484 e. The summed E-state index contributed by atoms with van der Waals surface area (Å²) in [4.78, 5) is 12.0. The summed E-state index contributed by atoms with van der Waals surface area (Å²) in [5.74, 6) is -0.145. The van der Waals surface area contributed by atoms with Crippen molar-refractivity contribution in [3.8, 4) is 5.75 Å². The summed E-state index contributed by atoms with van der Waals surface area (Å²) >= 11 is 5.78. The number of hydrogen-bond acceptors (Lipinski definition) is 6. The predicted octanol–water partition coefficient (Wildman–Crippen LogP) is 1.82. The van der Waals surface area contributed by atoms with Crippen LogP contribution in [0.4, 0.5) is 5.69 Å². The van der Waals surface area contributed by atoms with E-state index in [4.69, 9.17) is 16.3 Å². The van der Waals surface area contributed by atoms with Crippen LogP contribution < -0.4 is 14.8 Å². The maximum Gasteiger partial charge on any atom is 0.262 e. The molecule has 29 heavy (non-hydrogen) atoms. The van der Waals surface area contributed by atoms with Gasteiger partial charge in [0, 0.05) is 16.8 Å². The van der Waals surface area contributed by atoms with Crippen LogP contribution in [0.25, 0.3) is 0 Å². The number of sulfonamides is 1. The minimum absolute atomic E-state index is 0.0165. The first kappa shape index (κ1) is 21.6. The second-order valence-corrected chi connectivity index (χ2v) is 10.9. The van der Waals surface area contributed by atoms with Crippen molar-refractivity contribution >= 4 is 43.1 Å². The highest BCUT2D eigenvalue weighted by Gasteiger charge is 2.31. The number of rotatable bonds is 7. The molecule has 0 spiro atoms. The highest BCUT2D eigenvalue weighted by atomic mass is 35.5. The first-order valence-corrected chi connectivity index (χ1v) is 12.3. The van der Waals surface area contributed by atoms with E-state index in [1.807, 2.05) is 0 Å². The molecule has 3 rings (SSSR count). The van der Waals surface area contributed by atoms with E-state index in [2.05, 4.69) is 10.0 Å². The van der Waals surface area contributed by atoms with Crippen LogP contribution in [0.3, 0.4) is 0 Å². The van der Waals surface area contributed by atoms with Gasteiger partial charge in [0.25, 0.3) is 5.91 Å². The van der Waals surface area contributed by atoms with E-state index in [1.165, 1.54) is 24.3 Å². The standard InChI is InChI=1S/C18H19ClN2O6S2/c19-13-1-5-16(6-2-13)27-11-18(22)20-14-3-7-17(8-4-14)29(25,26)21-15-9-10-28(23,24)12-15/h1-8,15,21H,9-12H2,(H,20,22). The fourth-order valence-electron chi connectivity index (χ4n) is 2.77. The van der Waals surface area contributed by atoms with Gasteiger partial charge in [-0.1, -0.05) is 11.6 Å². The SMILES string of the molecule is O=C(COc1ccc(Cl)cc1)Nc1ccc(S(=O)(=O)NC2CCS(=O)(=O)C2)cc1. The summed E-state index contributed by atoms with van der Waals surface area (Å²) < 4.78 is 55.5. The van der Waals surface area contributed by atoms with Gasteiger partial charge < -0.3 is 10.1 Å². The van der Waals surface area contributed by atoms with Gasteiger partial charge in [-0.2, -0.15) is 0 Å². The van der Waals surface area contributed by atoms with Gasteiger partial charge in [-0.05, 0) is 55.0 Å². The smallest absolute Gasteiger partial charge is 0.262 e. The van der Waals surface area contributed by atoms with Crippen molar-refractivity contribution in [2.45, 2.75) is 17.4 Å². The summed E-state index contributed by atoms with van der Waals surface area (Å²) in [5.41, 5.74) is 0.400. The number of carbonyl (C=O) groups excluding carboxylic acids is 1. The van der Waals surface area contributed by atoms with Crippen LogP contribution in [-0.4, -0.2) is 46.9 Å². The molecule has 0 radical (unpaired) electrons. The third-order valence-electron chi connectivity index (χ3n) is 4.19. The Morgan fingerprint density at radius 2 is 1.76 bits per heavy atom. The quantitative estimate of drug-likeness (QED) is 0.653. The van der Waals surface area contributed by atoms with Gasteiger partial charge in [0.1, 0.15) is 5.75 Å². The number of anilines is 1. The summed E-state index contributed by atoms with van der Waals surface area (Å²) in [6.07, 6.45) is 0.253. The van der Waals surface area contributed by atoms with Crippen molar-refractivity contribution in [2.75, 3.05) is 23.4 Å². The minimum atomic E-state index is -3.85. The largest absolute Gasteiger partial charge is 0.484 e. The lowest BCUT2D eigenvalue weighted by Crippen LogP contribution is -2.35. The molecule has 8 nitrogen and oxygen atoms in total. The molecule has 0 saturated carbocycles. The zero-order valence-corrected chi connectivity index (χ0v) is 17.6. The molecule has 1 fully saturated rings. The number of amides is 1. The van der Waals surface area contributed by atoms with Crippen LogP contribution in [0.5, 0.6) is 5.75 Å². The van der Waals surface area contributed by atoms with E-state index < -0.39 is 31.8 Å². The number of benzene rings is 2. The molecule has 0 aliphatic carbocycles. The average molecular weight is 459 g/mol. The van der Waals surface area contributed by atoms with E-state index >= 15 is 0 Å². The molecule has 1 saturated heterocycles. The molecular formula is C18H19ClN2O6S2. The number of ether oxygens (including phenoxy) is 1. The molecule has 2 aromatic rings. The van der Waals surface area contributed by atoms with E-state index in [0.717, 1.165) is 0 Å². The van der Waals surface area contributed by atoms with Gasteiger partial charge in [0.2, 0.25) is 10.0 Å². The Morgan fingerprint density at radius 3 is 2.34 bits per heavy atom. The molecule has 1 unspecified atom stereocenters. The maximum absolute atomic E-state index is 12.4. The molecule has 1 aliphatic heterocycles. The zero-order chi connectivity index (χ0) is 21.1. The molecule has 2 aromatic carbocycles. The Kier molecular flexibility index (Phi) is 6.47. The van der Waals surface area contributed by atoms with Crippen LogP contribution in [0, 0.1) is 0 Å². The topological polar surface area (TPSA) is 119 Å². The van der Waals surface area contributed by atoms with Crippen LogP contribution in [0.1, 0.15) is 6.42 Å². The maximum atomic E-state index is 12.4. The van der Waals surface area contributed by atoms with Gasteiger partial charge >= 0.3 is 0 Å². The summed E-state index contributed by atoms with van der Waals surface area (Å²) in [7, 11) is -7.04. The van der Waals surface area contributed by atoms with Gasteiger partial charge in [-0.25, -0.2) is 21.6 Å². The predicted molar refractivity (Wildman–Crippen MR) is 109 cm³/mol. The highest BCUT2D eigenvalue weighted by molar-refractivity contribution is 7.92. The molecule has 2 N–H and O–H groups in total. The lowest BCUT2D eigenvalue weighted by atomic mass is 10.3.